The lowest BCUT2D eigenvalue weighted by Crippen LogP contribution is -1.91. The number of carbonyl (C=O) groups is 1. The zero-order chi connectivity index (χ0) is 4.28. The first-order valence-corrected chi connectivity index (χ1v) is 1.01. The molecule has 0 aliphatic rings. The van der Waals surface area contributed by atoms with Crippen molar-refractivity contribution in [2.75, 3.05) is 0 Å². The standard InChI is InChI=1S/C2H3NO2/c3-1-2(4)5/h1,3H,(H,4,5). The van der Waals surface area contributed by atoms with E-state index in [-0.39, 0.29) is 0 Å². The Morgan fingerprint density at radius 2 is 2.20 bits per heavy atom. The molecule has 0 radical (unpaired) electrons. The van der Waals surface area contributed by atoms with Crippen molar-refractivity contribution < 1.29 is 9.90 Å². The third-order valence-electron chi connectivity index (χ3n) is 0.123. The highest BCUT2D eigenvalue weighted by molar-refractivity contribution is 6.20. The summed E-state index contributed by atoms with van der Waals surface area (Å²) < 4.78 is 0. The van der Waals surface area contributed by atoms with Crippen molar-refractivity contribution in [3.63, 3.8) is 0 Å². The Morgan fingerprint density at radius 1 is 2.00 bits per heavy atom. The number of aliphatic carboxylic acids is 1. The van der Waals surface area contributed by atoms with Crippen LogP contribution in [0.1, 0.15) is 0 Å². The predicted octanol–water partition coefficient (Wildman–Crippen LogP) is -0.279. The van der Waals surface area contributed by atoms with Gasteiger partial charge in [-0.25, -0.2) is 4.79 Å². The van der Waals surface area contributed by atoms with Crippen LogP contribution >= 0.6 is 0 Å². The van der Waals surface area contributed by atoms with Gasteiger partial charge in [0.25, 0.3) is 0 Å². The van der Waals surface area contributed by atoms with Gasteiger partial charge in [0.1, 0.15) is 6.21 Å². The molecule has 5 heavy (non-hydrogen) atoms. The largest absolute Gasteiger partial charge is 0.477 e. The summed E-state index contributed by atoms with van der Waals surface area (Å²) in [6, 6.07) is 0. The first-order chi connectivity index (χ1) is 2.27. The summed E-state index contributed by atoms with van der Waals surface area (Å²) >= 11 is 0. The molecule has 28 valence electrons. The Bertz CT molecular complexity index is 58.7. The maximum Gasteiger partial charge on any atom is 0.346 e. The van der Waals surface area contributed by atoms with E-state index in [4.69, 9.17) is 15.3 Å². The Hall–Kier alpha value is -0.860. The lowest BCUT2D eigenvalue weighted by molar-refractivity contribution is -0.128. The molecule has 0 rings (SSSR count). The van der Waals surface area contributed by atoms with Crippen LogP contribution in [-0.4, -0.2) is 17.3 Å². The zero-order valence-electron chi connectivity index (χ0n) is 2.43. The summed E-state index contributed by atoms with van der Waals surface area (Å²) in [5.74, 6) is -1.20. The second-order valence-electron chi connectivity index (χ2n) is 0.483. The molecule has 0 aromatic rings. The van der Waals surface area contributed by atoms with Gasteiger partial charge in [-0.05, 0) is 0 Å². The lowest BCUT2D eigenvalue weighted by Gasteiger charge is -1.63. The van der Waals surface area contributed by atoms with Gasteiger partial charge >= 0.3 is 5.97 Å². The van der Waals surface area contributed by atoms with Crippen LogP contribution in [0.4, 0.5) is 0 Å². The smallest absolute Gasteiger partial charge is 0.346 e. The van der Waals surface area contributed by atoms with E-state index in [1.54, 1.807) is 0 Å². The Kier molecular flexibility index (Phi) is 1.21. The number of hydrogen-bond acceptors (Lipinski definition) is 2. The van der Waals surface area contributed by atoms with Crippen molar-refractivity contribution in [3.05, 3.63) is 0 Å². The molecule has 0 bridgehead atoms. The van der Waals surface area contributed by atoms with E-state index in [9.17, 15) is 0 Å². The summed E-state index contributed by atoms with van der Waals surface area (Å²) in [4.78, 5) is 9.12. The normalized spacial score (nSPS) is 6.40. The SMILES string of the molecule is N=CC(=O)O. The summed E-state index contributed by atoms with van der Waals surface area (Å²) in [7, 11) is 0. The molecule has 0 spiro atoms. The van der Waals surface area contributed by atoms with Crippen LogP contribution in [0.2, 0.25) is 0 Å². The molecular weight excluding hydrogens is 70.0 g/mol. The summed E-state index contributed by atoms with van der Waals surface area (Å²) in [5, 5.41) is 13.4. The van der Waals surface area contributed by atoms with Gasteiger partial charge < -0.3 is 10.5 Å². The molecular formula is C2H3NO2. The van der Waals surface area contributed by atoms with Gasteiger partial charge in [0, 0.05) is 0 Å². The second-order valence-corrected chi connectivity index (χ2v) is 0.483. The van der Waals surface area contributed by atoms with E-state index < -0.39 is 5.97 Å². The van der Waals surface area contributed by atoms with Gasteiger partial charge in [-0.2, -0.15) is 0 Å². The molecule has 0 saturated heterocycles. The van der Waals surface area contributed by atoms with Crippen LogP contribution in [0.5, 0.6) is 0 Å². The van der Waals surface area contributed by atoms with Gasteiger partial charge in [0.2, 0.25) is 0 Å². The van der Waals surface area contributed by atoms with Crippen molar-refractivity contribution in [3.8, 4) is 0 Å². The fraction of sp³-hybridized carbons (Fsp3) is 0. The van der Waals surface area contributed by atoms with E-state index in [0.717, 1.165) is 0 Å². The van der Waals surface area contributed by atoms with Crippen molar-refractivity contribution in [2.24, 2.45) is 0 Å². The van der Waals surface area contributed by atoms with E-state index in [0.29, 0.717) is 6.21 Å². The number of rotatable bonds is 1. The highest BCUT2D eigenvalue weighted by Gasteiger charge is 1.76. The predicted molar refractivity (Wildman–Crippen MR) is 16.4 cm³/mol. The van der Waals surface area contributed by atoms with Crippen molar-refractivity contribution in [2.45, 2.75) is 0 Å². The monoisotopic (exact) mass is 73.0 g/mol. The average molecular weight is 73.1 g/mol. The quantitative estimate of drug-likeness (QED) is 0.419. The Balaban J connectivity index is 3.20. The van der Waals surface area contributed by atoms with Crippen LogP contribution < -0.4 is 0 Å². The van der Waals surface area contributed by atoms with Gasteiger partial charge in [0.15, 0.2) is 0 Å². The number of carboxylic acid groups (broad SMARTS) is 1. The highest BCUT2D eigenvalue weighted by Crippen LogP contribution is 1.40. The van der Waals surface area contributed by atoms with Gasteiger partial charge in [-0.3, -0.25) is 0 Å². The van der Waals surface area contributed by atoms with Gasteiger partial charge in [-0.15, -0.1) is 0 Å². The molecule has 3 nitrogen and oxygen atoms in total. The van der Waals surface area contributed by atoms with E-state index in [1.165, 1.54) is 0 Å². The molecule has 0 atom stereocenters. The molecule has 0 amide bonds. The maximum atomic E-state index is 9.12. The van der Waals surface area contributed by atoms with E-state index >= 15 is 0 Å². The molecule has 0 aliphatic carbocycles. The topological polar surface area (TPSA) is 61.2 Å². The molecule has 0 aliphatic heterocycles. The van der Waals surface area contributed by atoms with Gasteiger partial charge in [-0.1, -0.05) is 0 Å². The van der Waals surface area contributed by atoms with Crippen LogP contribution in [0.3, 0.4) is 0 Å². The molecule has 3 heteroatoms. The second kappa shape index (κ2) is 1.46. The van der Waals surface area contributed by atoms with E-state index in [1.807, 2.05) is 0 Å². The van der Waals surface area contributed by atoms with Crippen LogP contribution in [0.15, 0.2) is 0 Å². The third-order valence-corrected chi connectivity index (χ3v) is 0.123. The van der Waals surface area contributed by atoms with Crippen LogP contribution in [0.25, 0.3) is 0 Å². The summed E-state index contributed by atoms with van der Waals surface area (Å²) in [6.45, 7) is 0. The van der Waals surface area contributed by atoms with Crippen molar-refractivity contribution >= 4 is 12.2 Å². The number of hydrogen-bond donors (Lipinski definition) is 2. The molecule has 0 aromatic carbocycles. The van der Waals surface area contributed by atoms with E-state index in [2.05, 4.69) is 0 Å². The average Bonchev–Trinajstić information content (AvgIpc) is 1.38. The van der Waals surface area contributed by atoms with Crippen molar-refractivity contribution in [1.29, 1.82) is 5.41 Å². The molecule has 0 aromatic heterocycles. The first-order valence-electron chi connectivity index (χ1n) is 1.01. The van der Waals surface area contributed by atoms with Crippen LogP contribution in [0, 0.1) is 5.41 Å². The zero-order valence-corrected chi connectivity index (χ0v) is 2.43. The summed E-state index contributed by atoms with van der Waals surface area (Å²) in [6.07, 6.45) is 0.333. The molecule has 0 heterocycles. The molecule has 0 saturated carbocycles. The van der Waals surface area contributed by atoms with Crippen LogP contribution in [-0.2, 0) is 4.79 Å². The molecule has 2 N–H and O–H groups in total. The Morgan fingerprint density at radius 3 is 2.20 bits per heavy atom. The third kappa shape index (κ3) is 3.14. The minimum absolute atomic E-state index is 0.333. The first kappa shape index (κ1) is 4.14. The number of carboxylic acids is 1. The minimum atomic E-state index is -1.20. The highest BCUT2D eigenvalue weighted by atomic mass is 16.4. The maximum absolute atomic E-state index is 9.12. The summed E-state index contributed by atoms with van der Waals surface area (Å²) in [5.41, 5.74) is 0. The Labute approximate surface area is 28.7 Å². The van der Waals surface area contributed by atoms with Gasteiger partial charge in [0.05, 0.1) is 0 Å². The minimum Gasteiger partial charge on any atom is -0.477 e. The molecule has 0 unspecified atom stereocenters. The van der Waals surface area contributed by atoms with Crippen molar-refractivity contribution in [1.82, 2.24) is 0 Å². The fourth-order valence-corrected chi connectivity index (χ4v) is 0. The fourth-order valence-electron chi connectivity index (χ4n) is 0. The number of nitrogens with one attached hydrogen (secondary N) is 1. The lowest BCUT2D eigenvalue weighted by atomic mass is 10.8. The molecule has 0 fully saturated rings.